The van der Waals surface area contributed by atoms with Crippen molar-refractivity contribution in [2.45, 2.75) is 65.0 Å². The second kappa shape index (κ2) is 12.2. The molecule has 0 unspecified atom stereocenters. The number of fused-ring (bicyclic) bond motifs is 2. The number of aromatic nitrogens is 2. The van der Waals surface area contributed by atoms with Crippen molar-refractivity contribution in [2.75, 3.05) is 69.3 Å². The molecular formula is C34H46N6O3. The van der Waals surface area contributed by atoms with Crippen LogP contribution >= 0.6 is 0 Å². The van der Waals surface area contributed by atoms with Crippen LogP contribution in [0.5, 0.6) is 6.01 Å². The number of carbonyl (C=O) groups excluding carboxylic acids is 1. The molecule has 2 aromatic carbocycles. The number of anilines is 2. The number of hydrogen-bond acceptors (Lipinski definition) is 8. The van der Waals surface area contributed by atoms with Crippen LogP contribution in [0.2, 0.25) is 0 Å². The van der Waals surface area contributed by atoms with Crippen molar-refractivity contribution in [1.82, 2.24) is 19.8 Å². The fraction of sp³-hybridized carbons (Fsp3) is 0.559. The fourth-order valence-corrected chi connectivity index (χ4v) is 6.68. The zero-order valence-electron chi connectivity index (χ0n) is 26.4. The van der Waals surface area contributed by atoms with Gasteiger partial charge in [0.2, 0.25) is 0 Å². The molecule has 0 N–H and O–H groups in total. The summed E-state index contributed by atoms with van der Waals surface area (Å²) in [6.07, 6.45) is 3.77. The van der Waals surface area contributed by atoms with Crippen molar-refractivity contribution in [3.8, 4) is 6.01 Å². The van der Waals surface area contributed by atoms with E-state index >= 15 is 0 Å². The van der Waals surface area contributed by atoms with Gasteiger partial charge in [-0.1, -0.05) is 30.3 Å². The highest BCUT2D eigenvalue weighted by molar-refractivity contribution is 5.97. The molecule has 43 heavy (non-hydrogen) atoms. The van der Waals surface area contributed by atoms with Crippen LogP contribution in [0.4, 0.5) is 16.3 Å². The molecule has 9 nitrogen and oxygen atoms in total. The molecule has 2 fully saturated rings. The molecule has 1 aromatic heterocycles. The predicted octanol–water partition coefficient (Wildman–Crippen LogP) is 5.07. The molecule has 0 aliphatic carbocycles. The van der Waals surface area contributed by atoms with E-state index in [-0.39, 0.29) is 6.09 Å². The van der Waals surface area contributed by atoms with Crippen molar-refractivity contribution < 1.29 is 14.3 Å². The third-order valence-corrected chi connectivity index (χ3v) is 9.04. The molecule has 230 valence electrons. The summed E-state index contributed by atoms with van der Waals surface area (Å²) < 4.78 is 11.9. The SMILES string of the molecule is Cc1cccc2cccc(N3CCc4nc(OC[C@@H]5CCCN5C)nc(N5CCN(C(=O)OC(C)(C)C)CC5)c4CC3)c12. The molecule has 9 heteroatoms. The second-order valence-electron chi connectivity index (χ2n) is 13.2. The maximum Gasteiger partial charge on any atom is 0.410 e. The number of ether oxygens (including phenoxy) is 2. The Balaban J connectivity index is 1.26. The van der Waals surface area contributed by atoms with Gasteiger partial charge in [-0.05, 0) is 77.6 Å². The Hall–Kier alpha value is -3.59. The zero-order valence-corrected chi connectivity index (χ0v) is 26.4. The largest absolute Gasteiger partial charge is 0.462 e. The van der Waals surface area contributed by atoms with Gasteiger partial charge in [-0.25, -0.2) is 4.79 Å². The first kappa shape index (κ1) is 29.5. The number of amides is 1. The van der Waals surface area contributed by atoms with Gasteiger partial charge < -0.3 is 29.1 Å². The van der Waals surface area contributed by atoms with Crippen molar-refractivity contribution in [3.05, 3.63) is 53.2 Å². The molecule has 2 saturated heterocycles. The van der Waals surface area contributed by atoms with Crippen LogP contribution in [-0.4, -0.2) is 97.0 Å². The monoisotopic (exact) mass is 586 g/mol. The van der Waals surface area contributed by atoms with E-state index in [9.17, 15) is 4.79 Å². The van der Waals surface area contributed by atoms with Crippen LogP contribution in [-0.2, 0) is 17.6 Å². The average Bonchev–Trinajstić information content (AvgIpc) is 3.27. The Morgan fingerprint density at radius 2 is 1.67 bits per heavy atom. The Morgan fingerprint density at radius 1 is 0.930 bits per heavy atom. The summed E-state index contributed by atoms with van der Waals surface area (Å²) in [6, 6.07) is 14.0. The third kappa shape index (κ3) is 6.51. The van der Waals surface area contributed by atoms with Crippen LogP contribution in [0.3, 0.4) is 0 Å². The number of aryl methyl sites for hydroxylation is 1. The number of rotatable bonds is 5. The lowest BCUT2D eigenvalue weighted by Crippen LogP contribution is -2.50. The Kier molecular flexibility index (Phi) is 8.36. The zero-order chi connectivity index (χ0) is 30.1. The van der Waals surface area contributed by atoms with E-state index in [1.54, 1.807) is 4.90 Å². The first-order valence-electron chi connectivity index (χ1n) is 15.9. The number of likely N-dealkylation sites (N-methyl/N-ethyl adjacent to an activating group) is 1. The van der Waals surface area contributed by atoms with E-state index < -0.39 is 5.60 Å². The summed E-state index contributed by atoms with van der Waals surface area (Å²) in [4.78, 5) is 31.8. The standard InChI is InChI=1S/C34H46N6O3/c1-24-9-6-10-25-11-7-13-29(30(24)25)38-17-14-27-28(15-18-38)35-32(42-23-26-12-8-16-37(26)5)36-31(27)39-19-21-40(22-20-39)33(41)43-34(2,3)4/h6-7,9-11,13,26H,8,12,14-23H2,1-5H3/t26-/m0/s1. The van der Waals surface area contributed by atoms with E-state index in [1.807, 2.05) is 20.8 Å². The number of nitrogens with zero attached hydrogens (tertiary/aromatic N) is 6. The molecule has 0 bridgehead atoms. The number of likely N-dealkylation sites (tertiary alicyclic amines) is 1. The van der Waals surface area contributed by atoms with Gasteiger partial charge in [-0.2, -0.15) is 9.97 Å². The predicted molar refractivity (Wildman–Crippen MR) is 172 cm³/mol. The van der Waals surface area contributed by atoms with Gasteiger partial charge in [0.05, 0.1) is 5.69 Å². The molecule has 0 radical (unpaired) electrons. The topological polar surface area (TPSA) is 74.3 Å². The maximum atomic E-state index is 12.7. The summed E-state index contributed by atoms with van der Waals surface area (Å²) >= 11 is 0. The summed E-state index contributed by atoms with van der Waals surface area (Å²) in [5.41, 5.74) is 4.35. The molecule has 0 spiro atoms. The number of piperazine rings is 1. The highest BCUT2D eigenvalue weighted by Gasteiger charge is 2.30. The summed E-state index contributed by atoms with van der Waals surface area (Å²) in [6.45, 7) is 14.0. The minimum atomic E-state index is -0.508. The van der Waals surface area contributed by atoms with E-state index in [0.29, 0.717) is 44.8 Å². The smallest absolute Gasteiger partial charge is 0.410 e. The second-order valence-corrected chi connectivity index (χ2v) is 13.2. The third-order valence-electron chi connectivity index (χ3n) is 9.04. The molecule has 3 aliphatic rings. The van der Waals surface area contributed by atoms with Crippen molar-refractivity contribution in [2.24, 2.45) is 0 Å². The average molecular weight is 587 g/mol. The van der Waals surface area contributed by atoms with Gasteiger partial charge in [-0.3, -0.25) is 0 Å². The Labute approximate surface area is 255 Å². The molecule has 6 rings (SSSR count). The highest BCUT2D eigenvalue weighted by atomic mass is 16.6. The number of benzene rings is 2. The first-order chi connectivity index (χ1) is 20.7. The van der Waals surface area contributed by atoms with Crippen LogP contribution in [0.1, 0.15) is 50.4 Å². The molecule has 3 aromatic rings. The van der Waals surface area contributed by atoms with Gasteiger partial charge in [0, 0.05) is 68.4 Å². The lowest BCUT2D eigenvalue weighted by atomic mass is 10.0. The fourth-order valence-electron chi connectivity index (χ4n) is 6.68. The lowest BCUT2D eigenvalue weighted by Gasteiger charge is -2.37. The molecule has 3 aliphatic heterocycles. The summed E-state index contributed by atoms with van der Waals surface area (Å²) in [5, 5.41) is 2.60. The van der Waals surface area contributed by atoms with Gasteiger partial charge in [-0.15, -0.1) is 0 Å². The van der Waals surface area contributed by atoms with E-state index in [4.69, 9.17) is 19.4 Å². The van der Waals surface area contributed by atoms with Crippen LogP contribution in [0.25, 0.3) is 10.8 Å². The van der Waals surface area contributed by atoms with Gasteiger partial charge >= 0.3 is 12.1 Å². The normalized spacial score (nSPS) is 19.8. The van der Waals surface area contributed by atoms with Crippen LogP contribution < -0.4 is 14.5 Å². The summed E-state index contributed by atoms with van der Waals surface area (Å²) in [5.74, 6) is 0.958. The van der Waals surface area contributed by atoms with Crippen molar-refractivity contribution in [1.29, 1.82) is 0 Å². The van der Waals surface area contributed by atoms with Gasteiger partial charge in [0.1, 0.15) is 18.0 Å². The maximum absolute atomic E-state index is 12.7. The van der Waals surface area contributed by atoms with Crippen molar-refractivity contribution >= 4 is 28.4 Å². The Bertz CT molecular complexity index is 1460. The van der Waals surface area contributed by atoms with E-state index in [1.165, 1.54) is 34.0 Å². The van der Waals surface area contributed by atoms with E-state index in [2.05, 4.69) is 65.1 Å². The molecule has 4 heterocycles. The molecule has 1 amide bonds. The lowest BCUT2D eigenvalue weighted by molar-refractivity contribution is 0.0240. The molecular weight excluding hydrogens is 540 g/mol. The number of hydrogen-bond donors (Lipinski definition) is 0. The molecule has 1 atom stereocenters. The van der Waals surface area contributed by atoms with Crippen LogP contribution in [0, 0.1) is 6.92 Å². The number of carbonyl (C=O) groups is 1. The van der Waals surface area contributed by atoms with Gasteiger partial charge in [0.25, 0.3) is 0 Å². The minimum Gasteiger partial charge on any atom is -0.462 e. The first-order valence-corrected chi connectivity index (χ1v) is 15.9. The minimum absolute atomic E-state index is 0.251. The van der Waals surface area contributed by atoms with Gasteiger partial charge in [0.15, 0.2) is 0 Å². The van der Waals surface area contributed by atoms with E-state index in [0.717, 1.165) is 50.4 Å². The quantitative estimate of drug-likeness (QED) is 0.410. The van der Waals surface area contributed by atoms with Crippen molar-refractivity contribution in [3.63, 3.8) is 0 Å². The Morgan fingerprint density at radius 3 is 2.40 bits per heavy atom. The summed E-state index contributed by atoms with van der Waals surface area (Å²) in [7, 11) is 2.16. The highest BCUT2D eigenvalue weighted by Crippen LogP contribution is 2.34. The van der Waals surface area contributed by atoms with Crippen LogP contribution in [0.15, 0.2) is 36.4 Å². The molecule has 0 saturated carbocycles.